The molecule has 8 nitrogen and oxygen atoms in total. The van der Waals surface area contributed by atoms with Crippen molar-refractivity contribution in [3.8, 4) is 0 Å². The minimum Gasteiger partial charge on any atom is -0.383 e. The third-order valence-electron chi connectivity index (χ3n) is 2.71. The van der Waals surface area contributed by atoms with E-state index in [1.54, 1.807) is 17.9 Å². The molecule has 0 aliphatic carbocycles. The highest BCUT2D eigenvalue weighted by Crippen LogP contribution is 2.14. The number of nitrogens with one attached hydrogen (secondary N) is 2. The number of aryl methyl sites for hydroxylation is 1. The molecule has 2 rings (SSSR count). The van der Waals surface area contributed by atoms with E-state index in [2.05, 4.69) is 20.0 Å². The van der Waals surface area contributed by atoms with E-state index in [0.717, 1.165) is 11.3 Å². The van der Waals surface area contributed by atoms with Crippen LogP contribution in [0, 0.1) is 6.92 Å². The predicted molar refractivity (Wildman–Crippen MR) is 65.0 cm³/mol. The van der Waals surface area contributed by atoms with E-state index in [1.807, 2.05) is 6.92 Å². The quantitative estimate of drug-likeness (QED) is 0.693. The van der Waals surface area contributed by atoms with Gasteiger partial charge in [0.1, 0.15) is 10.7 Å². The molecule has 0 aliphatic heterocycles. The van der Waals surface area contributed by atoms with E-state index in [0.29, 0.717) is 0 Å². The first-order valence-corrected chi connectivity index (χ1v) is 6.66. The fraction of sp³-hybridized carbons (Fsp3) is 0.333. The number of aromatic nitrogens is 4. The fourth-order valence-corrected chi connectivity index (χ4v) is 2.50. The maximum Gasteiger partial charge on any atom is 0.246 e. The molecule has 0 saturated heterocycles. The summed E-state index contributed by atoms with van der Waals surface area (Å²) in [5.74, 6) is 0.0189. The summed E-state index contributed by atoms with van der Waals surface area (Å²) in [5.41, 5.74) is 7.19. The molecule has 0 atom stereocenters. The summed E-state index contributed by atoms with van der Waals surface area (Å²) in [6.07, 6.45) is 2.80. The molecule has 2 aromatic rings. The van der Waals surface area contributed by atoms with E-state index in [9.17, 15) is 8.42 Å². The zero-order valence-corrected chi connectivity index (χ0v) is 10.8. The van der Waals surface area contributed by atoms with Gasteiger partial charge in [-0.3, -0.25) is 9.78 Å². The molecule has 0 aromatic carbocycles. The van der Waals surface area contributed by atoms with Crippen molar-refractivity contribution in [1.29, 1.82) is 0 Å². The molecule has 0 spiro atoms. The SMILES string of the molecule is Cc1c(CNS(=O)(=O)c2cn[nH]c2N)cnn1C. The van der Waals surface area contributed by atoms with Crippen molar-refractivity contribution in [3.63, 3.8) is 0 Å². The largest absolute Gasteiger partial charge is 0.383 e. The van der Waals surface area contributed by atoms with Crippen LogP contribution in [0.2, 0.25) is 0 Å². The number of nitrogen functional groups attached to an aromatic ring is 1. The molecule has 0 radical (unpaired) electrons. The standard InChI is InChI=1S/C9H14N6O2S/c1-6-7(3-12-15(6)2)4-13-18(16,17)8-5-11-14-9(8)10/h3,5,13H,4H2,1-2H3,(H3,10,11,14). The van der Waals surface area contributed by atoms with Gasteiger partial charge in [-0.05, 0) is 6.92 Å². The van der Waals surface area contributed by atoms with E-state index in [-0.39, 0.29) is 17.3 Å². The lowest BCUT2D eigenvalue weighted by Crippen LogP contribution is -2.23. The van der Waals surface area contributed by atoms with Crippen LogP contribution in [0.4, 0.5) is 5.82 Å². The van der Waals surface area contributed by atoms with Gasteiger partial charge in [-0.25, -0.2) is 13.1 Å². The molecule has 0 saturated carbocycles. The number of hydrogen-bond acceptors (Lipinski definition) is 5. The normalized spacial score (nSPS) is 11.9. The van der Waals surface area contributed by atoms with Gasteiger partial charge in [0, 0.05) is 24.8 Å². The van der Waals surface area contributed by atoms with Crippen LogP contribution in [-0.2, 0) is 23.6 Å². The fourth-order valence-electron chi connectivity index (χ4n) is 1.47. The molecule has 0 bridgehead atoms. The summed E-state index contributed by atoms with van der Waals surface area (Å²) in [4.78, 5) is -0.0518. The van der Waals surface area contributed by atoms with Crippen molar-refractivity contribution < 1.29 is 8.42 Å². The summed E-state index contributed by atoms with van der Waals surface area (Å²) >= 11 is 0. The first-order chi connectivity index (χ1) is 8.42. The third-order valence-corrected chi connectivity index (χ3v) is 4.14. The lowest BCUT2D eigenvalue weighted by molar-refractivity contribution is 0.581. The highest BCUT2D eigenvalue weighted by Gasteiger charge is 2.19. The Morgan fingerprint density at radius 2 is 2.22 bits per heavy atom. The van der Waals surface area contributed by atoms with Gasteiger partial charge in [0.2, 0.25) is 10.0 Å². The number of H-pyrrole nitrogens is 1. The summed E-state index contributed by atoms with van der Waals surface area (Å²) < 4.78 is 28.0. The van der Waals surface area contributed by atoms with Crippen LogP contribution in [-0.4, -0.2) is 28.4 Å². The van der Waals surface area contributed by atoms with Crippen LogP contribution in [0.3, 0.4) is 0 Å². The second kappa shape index (κ2) is 4.42. The van der Waals surface area contributed by atoms with Crippen molar-refractivity contribution >= 4 is 15.8 Å². The van der Waals surface area contributed by atoms with Gasteiger partial charge in [0.15, 0.2) is 0 Å². The Labute approximate surface area is 104 Å². The zero-order valence-electron chi connectivity index (χ0n) is 10.0. The molecule has 2 aromatic heterocycles. The van der Waals surface area contributed by atoms with Gasteiger partial charge in [-0.1, -0.05) is 0 Å². The molecule has 18 heavy (non-hydrogen) atoms. The highest BCUT2D eigenvalue weighted by molar-refractivity contribution is 7.89. The second-order valence-corrected chi connectivity index (χ2v) is 5.59. The van der Waals surface area contributed by atoms with Gasteiger partial charge < -0.3 is 5.73 Å². The summed E-state index contributed by atoms with van der Waals surface area (Å²) in [6.45, 7) is 2.02. The molecule has 0 fully saturated rings. The number of anilines is 1. The Balaban J connectivity index is 2.16. The van der Waals surface area contributed by atoms with Crippen LogP contribution in [0.1, 0.15) is 11.3 Å². The summed E-state index contributed by atoms with van der Waals surface area (Å²) in [5, 5.41) is 10.00. The number of rotatable bonds is 4. The van der Waals surface area contributed by atoms with Crippen molar-refractivity contribution in [2.75, 3.05) is 5.73 Å². The first-order valence-electron chi connectivity index (χ1n) is 5.18. The minimum absolute atomic E-state index is 0.0189. The maximum absolute atomic E-state index is 11.9. The number of aromatic amines is 1. The van der Waals surface area contributed by atoms with Gasteiger partial charge in [0.25, 0.3) is 0 Å². The smallest absolute Gasteiger partial charge is 0.246 e. The van der Waals surface area contributed by atoms with Crippen LogP contribution < -0.4 is 10.5 Å². The van der Waals surface area contributed by atoms with E-state index >= 15 is 0 Å². The maximum atomic E-state index is 11.9. The van der Waals surface area contributed by atoms with E-state index in [1.165, 1.54) is 6.20 Å². The predicted octanol–water partition coefficient (Wildman–Crippen LogP) is -0.488. The average Bonchev–Trinajstić information content (AvgIpc) is 2.86. The molecule has 98 valence electrons. The molecule has 0 amide bonds. The number of nitrogens with two attached hydrogens (primary N) is 1. The van der Waals surface area contributed by atoms with Crippen molar-refractivity contribution in [2.45, 2.75) is 18.4 Å². The average molecular weight is 270 g/mol. The van der Waals surface area contributed by atoms with Gasteiger partial charge in [-0.15, -0.1) is 0 Å². The molecule has 4 N–H and O–H groups in total. The first kappa shape index (κ1) is 12.6. The topological polar surface area (TPSA) is 119 Å². The van der Waals surface area contributed by atoms with Crippen LogP contribution in [0.15, 0.2) is 17.3 Å². The molecule has 0 aliphatic rings. The van der Waals surface area contributed by atoms with Crippen molar-refractivity contribution in [3.05, 3.63) is 23.7 Å². The zero-order chi connectivity index (χ0) is 13.3. The van der Waals surface area contributed by atoms with Gasteiger partial charge in [-0.2, -0.15) is 10.2 Å². The van der Waals surface area contributed by atoms with Crippen molar-refractivity contribution in [1.82, 2.24) is 24.7 Å². The lowest BCUT2D eigenvalue weighted by Gasteiger charge is -2.05. The lowest BCUT2D eigenvalue weighted by atomic mass is 10.3. The Morgan fingerprint density at radius 1 is 1.50 bits per heavy atom. The van der Waals surface area contributed by atoms with E-state index < -0.39 is 10.0 Å². The van der Waals surface area contributed by atoms with Gasteiger partial charge >= 0.3 is 0 Å². The Hall–Kier alpha value is -1.87. The Bertz CT molecular complexity index is 656. The minimum atomic E-state index is -3.66. The number of sulfonamides is 1. The number of hydrogen-bond donors (Lipinski definition) is 3. The number of nitrogens with zero attached hydrogens (tertiary/aromatic N) is 3. The monoisotopic (exact) mass is 270 g/mol. The molecule has 2 heterocycles. The second-order valence-electron chi connectivity index (χ2n) is 3.85. The highest BCUT2D eigenvalue weighted by atomic mass is 32.2. The van der Waals surface area contributed by atoms with Crippen LogP contribution in [0.5, 0.6) is 0 Å². The summed E-state index contributed by atoms with van der Waals surface area (Å²) in [7, 11) is -1.87. The Kier molecular flexibility index (Phi) is 3.09. The van der Waals surface area contributed by atoms with E-state index in [4.69, 9.17) is 5.73 Å². The summed E-state index contributed by atoms with van der Waals surface area (Å²) in [6, 6.07) is 0. The third kappa shape index (κ3) is 2.22. The van der Waals surface area contributed by atoms with Crippen molar-refractivity contribution in [2.24, 2.45) is 7.05 Å². The molecular formula is C9H14N6O2S. The molecule has 9 heteroatoms. The van der Waals surface area contributed by atoms with Crippen LogP contribution >= 0.6 is 0 Å². The van der Waals surface area contributed by atoms with Crippen LogP contribution in [0.25, 0.3) is 0 Å². The Morgan fingerprint density at radius 3 is 2.72 bits per heavy atom. The molecule has 0 unspecified atom stereocenters. The van der Waals surface area contributed by atoms with Gasteiger partial charge in [0.05, 0.1) is 12.4 Å². The molecular weight excluding hydrogens is 256 g/mol.